The van der Waals surface area contributed by atoms with E-state index in [0.29, 0.717) is 6.54 Å². The minimum absolute atomic E-state index is 0.0381. The Morgan fingerprint density at radius 1 is 1.42 bits per heavy atom. The molecule has 2 rings (SSSR count). The molecule has 5 nitrogen and oxygen atoms in total. The summed E-state index contributed by atoms with van der Waals surface area (Å²) in [7, 11) is 3.64. The van der Waals surface area contributed by atoms with Crippen LogP contribution in [0.1, 0.15) is 6.42 Å². The van der Waals surface area contributed by atoms with Gasteiger partial charge in [0.15, 0.2) is 0 Å². The highest BCUT2D eigenvalue weighted by atomic mass is 16.5. The molecule has 1 N–H and O–H groups in total. The van der Waals surface area contributed by atoms with Gasteiger partial charge in [-0.15, -0.1) is 0 Å². The predicted molar refractivity (Wildman–Crippen MR) is 73.9 cm³/mol. The van der Waals surface area contributed by atoms with Gasteiger partial charge in [-0.2, -0.15) is 0 Å². The van der Waals surface area contributed by atoms with Gasteiger partial charge in [0.1, 0.15) is 5.75 Å². The lowest BCUT2D eigenvalue weighted by Crippen LogP contribution is -2.52. The number of piperazine rings is 1. The van der Waals surface area contributed by atoms with Crippen LogP contribution in [0, 0.1) is 0 Å². The molecule has 1 aliphatic heterocycles. The lowest BCUT2D eigenvalue weighted by Gasteiger charge is -2.40. The fourth-order valence-electron chi connectivity index (χ4n) is 2.48. The highest BCUT2D eigenvalue weighted by Gasteiger charge is 2.27. The van der Waals surface area contributed by atoms with Crippen LogP contribution < -0.4 is 9.64 Å². The highest BCUT2D eigenvalue weighted by Crippen LogP contribution is 2.29. The van der Waals surface area contributed by atoms with Gasteiger partial charge in [-0.1, -0.05) is 12.1 Å². The number of methoxy groups -OCH3 is 1. The number of carboxylic acid groups (broad SMARTS) is 1. The molecule has 1 atom stereocenters. The number of hydrogen-bond acceptors (Lipinski definition) is 4. The number of anilines is 1. The maximum absolute atomic E-state index is 10.9. The van der Waals surface area contributed by atoms with E-state index in [1.165, 1.54) is 0 Å². The van der Waals surface area contributed by atoms with E-state index in [9.17, 15) is 4.79 Å². The topological polar surface area (TPSA) is 53.0 Å². The second kappa shape index (κ2) is 5.93. The Morgan fingerprint density at radius 2 is 2.16 bits per heavy atom. The molecule has 104 valence electrons. The quantitative estimate of drug-likeness (QED) is 0.888. The van der Waals surface area contributed by atoms with Crippen LogP contribution in [0.3, 0.4) is 0 Å². The van der Waals surface area contributed by atoms with Crippen molar-refractivity contribution in [2.75, 3.05) is 38.7 Å². The van der Waals surface area contributed by atoms with Crippen LogP contribution in [0.4, 0.5) is 5.69 Å². The lowest BCUT2D eigenvalue weighted by atomic mass is 10.1. The van der Waals surface area contributed by atoms with E-state index >= 15 is 0 Å². The van der Waals surface area contributed by atoms with Gasteiger partial charge >= 0.3 is 5.97 Å². The van der Waals surface area contributed by atoms with Crippen LogP contribution in [0.25, 0.3) is 0 Å². The van der Waals surface area contributed by atoms with Crippen molar-refractivity contribution in [3.8, 4) is 5.75 Å². The molecule has 0 radical (unpaired) electrons. The summed E-state index contributed by atoms with van der Waals surface area (Å²) in [5.41, 5.74) is 1.04. The smallest absolute Gasteiger partial charge is 0.305 e. The Morgan fingerprint density at radius 3 is 2.84 bits per heavy atom. The van der Waals surface area contributed by atoms with E-state index < -0.39 is 5.97 Å². The van der Waals surface area contributed by atoms with Gasteiger partial charge in [-0.3, -0.25) is 9.69 Å². The second-order valence-corrected chi connectivity index (χ2v) is 4.85. The minimum Gasteiger partial charge on any atom is -0.495 e. The Bertz CT molecular complexity index is 450. The Balaban J connectivity index is 2.15. The molecule has 0 amide bonds. The van der Waals surface area contributed by atoms with Gasteiger partial charge in [0, 0.05) is 25.7 Å². The van der Waals surface area contributed by atoms with Crippen LogP contribution in [0.15, 0.2) is 24.3 Å². The van der Waals surface area contributed by atoms with Crippen molar-refractivity contribution in [1.29, 1.82) is 0 Å². The molecule has 5 heteroatoms. The van der Waals surface area contributed by atoms with Crippen molar-refractivity contribution in [3.63, 3.8) is 0 Å². The zero-order chi connectivity index (χ0) is 13.8. The summed E-state index contributed by atoms with van der Waals surface area (Å²) in [5, 5.41) is 8.97. The Hall–Kier alpha value is -1.75. The van der Waals surface area contributed by atoms with Crippen LogP contribution >= 0.6 is 0 Å². The average Bonchev–Trinajstić information content (AvgIpc) is 2.41. The fraction of sp³-hybridized carbons (Fsp3) is 0.500. The number of para-hydroxylation sites is 2. The van der Waals surface area contributed by atoms with Crippen molar-refractivity contribution in [2.24, 2.45) is 0 Å². The standard InChI is InChI=1S/C14H20N2O3/c1-15-7-8-16(10-11(15)9-14(17)18)12-5-3-4-6-13(12)19-2/h3-6,11H,7-10H2,1-2H3,(H,17,18). The Kier molecular flexibility index (Phi) is 4.27. The third-order valence-corrected chi connectivity index (χ3v) is 3.61. The molecule has 1 aromatic rings. The summed E-state index contributed by atoms with van der Waals surface area (Å²) >= 11 is 0. The molecule has 0 spiro atoms. The minimum atomic E-state index is -0.751. The predicted octanol–water partition coefficient (Wildman–Crippen LogP) is 1.29. The zero-order valence-electron chi connectivity index (χ0n) is 11.4. The van der Waals surface area contributed by atoms with Gasteiger partial charge in [0.05, 0.1) is 19.2 Å². The molecular weight excluding hydrogens is 244 g/mol. The van der Waals surface area contributed by atoms with Gasteiger partial charge in [-0.05, 0) is 19.2 Å². The van der Waals surface area contributed by atoms with Gasteiger partial charge in [0.25, 0.3) is 0 Å². The molecule has 1 saturated heterocycles. The normalized spacial score (nSPS) is 20.3. The molecule has 0 aromatic heterocycles. The van der Waals surface area contributed by atoms with Crippen molar-refractivity contribution < 1.29 is 14.6 Å². The van der Waals surface area contributed by atoms with Crippen molar-refractivity contribution in [3.05, 3.63) is 24.3 Å². The number of likely N-dealkylation sites (N-methyl/N-ethyl adjacent to an activating group) is 1. The van der Waals surface area contributed by atoms with Crippen LogP contribution in [0.5, 0.6) is 5.75 Å². The van der Waals surface area contributed by atoms with E-state index in [1.807, 2.05) is 31.3 Å². The Labute approximate surface area is 113 Å². The number of nitrogens with zero attached hydrogens (tertiary/aromatic N) is 2. The van der Waals surface area contributed by atoms with E-state index in [4.69, 9.17) is 9.84 Å². The van der Waals surface area contributed by atoms with Crippen molar-refractivity contribution in [2.45, 2.75) is 12.5 Å². The van der Waals surface area contributed by atoms with E-state index in [0.717, 1.165) is 24.5 Å². The molecule has 1 heterocycles. The van der Waals surface area contributed by atoms with Gasteiger partial charge in [-0.25, -0.2) is 0 Å². The SMILES string of the molecule is COc1ccccc1N1CCN(C)C(CC(=O)O)C1. The third-order valence-electron chi connectivity index (χ3n) is 3.61. The summed E-state index contributed by atoms with van der Waals surface area (Å²) in [4.78, 5) is 15.2. The number of benzene rings is 1. The van der Waals surface area contributed by atoms with E-state index in [-0.39, 0.29) is 12.5 Å². The van der Waals surface area contributed by atoms with Crippen molar-refractivity contribution >= 4 is 11.7 Å². The molecule has 0 saturated carbocycles. The number of aliphatic carboxylic acids is 1. The first-order valence-electron chi connectivity index (χ1n) is 6.42. The molecule has 1 aromatic carbocycles. The number of carboxylic acids is 1. The molecule has 0 aliphatic carbocycles. The first kappa shape index (κ1) is 13.7. The number of hydrogen-bond donors (Lipinski definition) is 1. The summed E-state index contributed by atoms with van der Waals surface area (Å²) in [5.74, 6) is 0.0832. The molecule has 1 fully saturated rings. The number of ether oxygens (including phenoxy) is 1. The first-order valence-corrected chi connectivity index (χ1v) is 6.42. The largest absolute Gasteiger partial charge is 0.495 e. The maximum atomic E-state index is 10.9. The molecule has 0 bridgehead atoms. The van der Waals surface area contributed by atoms with Gasteiger partial charge in [0.2, 0.25) is 0 Å². The summed E-state index contributed by atoms with van der Waals surface area (Å²) < 4.78 is 5.37. The molecule has 1 aliphatic rings. The number of carbonyl (C=O) groups is 1. The van der Waals surface area contributed by atoms with E-state index in [1.54, 1.807) is 7.11 Å². The van der Waals surface area contributed by atoms with E-state index in [2.05, 4.69) is 9.80 Å². The summed E-state index contributed by atoms with van der Waals surface area (Å²) in [6.07, 6.45) is 0.169. The molecular formula is C14H20N2O3. The van der Waals surface area contributed by atoms with Crippen molar-refractivity contribution in [1.82, 2.24) is 4.90 Å². The maximum Gasteiger partial charge on any atom is 0.305 e. The van der Waals surface area contributed by atoms with Crippen LogP contribution in [-0.2, 0) is 4.79 Å². The number of rotatable bonds is 4. The fourth-order valence-corrected chi connectivity index (χ4v) is 2.48. The van der Waals surface area contributed by atoms with Gasteiger partial charge < -0.3 is 14.7 Å². The van der Waals surface area contributed by atoms with Crippen LogP contribution in [-0.4, -0.2) is 55.8 Å². The molecule has 1 unspecified atom stereocenters. The third kappa shape index (κ3) is 3.17. The molecule has 19 heavy (non-hydrogen) atoms. The average molecular weight is 264 g/mol. The summed E-state index contributed by atoms with van der Waals surface area (Å²) in [6, 6.07) is 7.90. The van der Waals surface area contributed by atoms with Crippen LogP contribution in [0.2, 0.25) is 0 Å². The monoisotopic (exact) mass is 264 g/mol. The lowest BCUT2D eigenvalue weighted by molar-refractivity contribution is -0.138. The summed E-state index contributed by atoms with van der Waals surface area (Å²) in [6.45, 7) is 2.45. The second-order valence-electron chi connectivity index (χ2n) is 4.85. The zero-order valence-corrected chi connectivity index (χ0v) is 11.4. The highest BCUT2D eigenvalue weighted by molar-refractivity contribution is 5.68. The first-order chi connectivity index (χ1) is 9.11.